The molecule has 1 aromatic carbocycles. The van der Waals surface area contributed by atoms with Crippen molar-refractivity contribution in [2.75, 3.05) is 5.32 Å². The first kappa shape index (κ1) is 20.5. The van der Waals surface area contributed by atoms with Gasteiger partial charge in [0, 0.05) is 17.7 Å². The Morgan fingerprint density at radius 3 is 2.81 bits per heavy atom. The van der Waals surface area contributed by atoms with Crippen LogP contribution in [0.2, 0.25) is 0 Å². The van der Waals surface area contributed by atoms with Gasteiger partial charge in [0.15, 0.2) is 5.76 Å². The number of anilines is 1. The topological polar surface area (TPSA) is 116 Å². The summed E-state index contributed by atoms with van der Waals surface area (Å²) in [5, 5.41) is 7.71. The zero-order valence-corrected chi connectivity index (χ0v) is 17.5. The molecule has 3 aromatic heterocycles. The summed E-state index contributed by atoms with van der Waals surface area (Å²) >= 11 is 1.32. The number of hydrogen-bond acceptors (Lipinski definition) is 8. The quantitative estimate of drug-likeness (QED) is 0.458. The predicted octanol–water partition coefficient (Wildman–Crippen LogP) is 3.48. The second-order valence-corrected chi connectivity index (χ2v) is 7.95. The fraction of sp³-hybridized carbons (Fsp3) is 0.190. The molecule has 3 heterocycles. The van der Waals surface area contributed by atoms with Crippen LogP contribution in [-0.2, 0) is 11.3 Å². The number of nitrogens with one attached hydrogen (secondary N) is 1. The number of rotatable bonds is 6. The number of benzene rings is 1. The van der Waals surface area contributed by atoms with Crippen molar-refractivity contribution in [2.24, 2.45) is 0 Å². The number of carbonyl (C=O) groups is 2. The minimum Gasteiger partial charge on any atom is -0.459 e. The molecule has 4 aromatic rings. The maximum absolute atomic E-state index is 12.5. The Hall–Kier alpha value is -3.79. The van der Waals surface area contributed by atoms with Crippen molar-refractivity contribution < 1.29 is 18.7 Å². The van der Waals surface area contributed by atoms with Gasteiger partial charge in [0.1, 0.15) is 11.6 Å². The molecule has 0 aliphatic carbocycles. The van der Waals surface area contributed by atoms with E-state index in [1.54, 1.807) is 24.3 Å². The Kier molecular flexibility index (Phi) is 5.63. The lowest BCUT2D eigenvalue weighted by molar-refractivity contribution is 0.0467. The molecule has 1 amide bonds. The van der Waals surface area contributed by atoms with Crippen LogP contribution >= 0.6 is 11.3 Å². The molecule has 10 heteroatoms. The Bertz CT molecular complexity index is 1310. The standard InChI is InChI=1S/C21H18N4O5S/c1-12(2)19-24-25-17(26)10-15(23-21(25)31-19)11-30-20(28)13-5-3-6-14(9-13)22-18(27)16-7-4-8-29-16/h3-10,12H,11H2,1-2H3,(H,22,27). The number of ether oxygens (including phenoxy) is 1. The monoisotopic (exact) mass is 438 g/mol. The molecule has 31 heavy (non-hydrogen) atoms. The smallest absolute Gasteiger partial charge is 0.338 e. The van der Waals surface area contributed by atoms with Gasteiger partial charge in [-0.2, -0.15) is 9.61 Å². The summed E-state index contributed by atoms with van der Waals surface area (Å²) in [6.45, 7) is 3.80. The van der Waals surface area contributed by atoms with Crippen LogP contribution < -0.4 is 10.9 Å². The summed E-state index contributed by atoms with van der Waals surface area (Å²) in [6.07, 6.45) is 1.40. The third kappa shape index (κ3) is 4.53. The predicted molar refractivity (Wildman–Crippen MR) is 113 cm³/mol. The van der Waals surface area contributed by atoms with Crippen LogP contribution in [0, 0.1) is 0 Å². The van der Waals surface area contributed by atoms with Gasteiger partial charge in [0.05, 0.1) is 17.5 Å². The van der Waals surface area contributed by atoms with Gasteiger partial charge in [-0.15, -0.1) is 0 Å². The second-order valence-electron chi connectivity index (χ2n) is 6.96. The molecule has 0 saturated carbocycles. The molecule has 0 bridgehead atoms. The van der Waals surface area contributed by atoms with Gasteiger partial charge in [0.2, 0.25) is 4.96 Å². The SMILES string of the molecule is CC(C)c1nn2c(=O)cc(COC(=O)c3cccc(NC(=O)c4ccco4)c3)nc2s1. The fourth-order valence-electron chi connectivity index (χ4n) is 2.73. The average molecular weight is 438 g/mol. The van der Waals surface area contributed by atoms with Crippen molar-refractivity contribution in [3.63, 3.8) is 0 Å². The van der Waals surface area contributed by atoms with E-state index in [4.69, 9.17) is 9.15 Å². The molecule has 0 unspecified atom stereocenters. The lowest BCUT2D eigenvalue weighted by Gasteiger charge is -2.07. The third-order valence-electron chi connectivity index (χ3n) is 4.26. The number of fused-ring (bicyclic) bond motifs is 1. The summed E-state index contributed by atoms with van der Waals surface area (Å²) in [5.41, 5.74) is 0.663. The Morgan fingerprint density at radius 2 is 2.06 bits per heavy atom. The number of carbonyl (C=O) groups excluding carboxylic acids is 2. The van der Waals surface area contributed by atoms with Gasteiger partial charge in [0.25, 0.3) is 11.5 Å². The molecule has 0 fully saturated rings. The van der Waals surface area contributed by atoms with Gasteiger partial charge >= 0.3 is 5.97 Å². The van der Waals surface area contributed by atoms with Crippen molar-refractivity contribution in [1.29, 1.82) is 0 Å². The molecule has 0 radical (unpaired) electrons. The van der Waals surface area contributed by atoms with Gasteiger partial charge in [-0.05, 0) is 30.3 Å². The van der Waals surface area contributed by atoms with E-state index in [1.165, 1.54) is 40.3 Å². The highest BCUT2D eigenvalue weighted by Crippen LogP contribution is 2.20. The lowest BCUT2D eigenvalue weighted by Crippen LogP contribution is -2.17. The minimum atomic E-state index is -0.608. The van der Waals surface area contributed by atoms with Crippen LogP contribution in [-0.4, -0.2) is 26.5 Å². The maximum Gasteiger partial charge on any atom is 0.338 e. The molecule has 4 rings (SSSR count). The number of nitrogens with zero attached hydrogens (tertiary/aromatic N) is 3. The summed E-state index contributed by atoms with van der Waals surface area (Å²) in [5.74, 6) is -0.709. The number of amides is 1. The molecule has 9 nitrogen and oxygen atoms in total. The fourth-order valence-corrected chi connectivity index (χ4v) is 3.65. The van der Waals surface area contributed by atoms with E-state index in [1.807, 2.05) is 13.8 Å². The number of hydrogen-bond donors (Lipinski definition) is 1. The highest BCUT2D eigenvalue weighted by molar-refractivity contribution is 7.16. The zero-order chi connectivity index (χ0) is 22.0. The van der Waals surface area contributed by atoms with Crippen molar-refractivity contribution in [2.45, 2.75) is 26.4 Å². The van der Waals surface area contributed by atoms with Gasteiger partial charge in [-0.3, -0.25) is 9.59 Å². The van der Waals surface area contributed by atoms with Gasteiger partial charge < -0.3 is 14.5 Å². The van der Waals surface area contributed by atoms with Crippen LogP contribution in [0.15, 0.2) is 57.9 Å². The Labute approximate surface area is 180 Å². The van der Waals surface area contributed by atoms with Crippen molar-refractivity contribution in [1.82, 2.24) is 14.6 Å². The van der Waals surface area contributed by atoms with Crippen molar-refractivity contribution >= 4 is 33.9 Å². The van der Waals surface area contributed by atoms with Crippen LogP contribution in [0.3, 0.4) is 0 Å². The van der Waals surface area contributed by atoms with Gasteiger partial charge in [-0.1, -0.05) is 31.3 Å². The van der Waals surface area contributed by atoms with Gasteiger partial charge in [-0.25, -0.2) is 9.78 Å². The minimum absolute atomic E-state index is 0.157. The van der Waals surface area contributed by atoms with Crippen molar-refractivity contribution in [3.8, 4) is 0 Å². The highest BCUT2D eigenvalue weighted by atomic mass is 32.1. The first-order valence-corrected chi connectivity index (χ1v) is 10.2. The number of furan rings is 1. The van der Waals surface area contributed by atoms with Crippen molar-refractivity contribution in [3.05, 3.63) is 81.1 Å². The molecule has 0 aliphatic heterocycles. The third-order valence-corrected chi connectivity index (χ3v) is 5.47. The van der Waals surface area contributed by atoms with E-state index in [0.29, 0.717) is 16.3 Å². The second kappa shape index (κ2) is 8.52. The maximum atomic E-state index is 12.5. The van der Waals surface area contributed by atoms with Crippen LogP contribution in [0.25, 0.3) is 4.96 Å². The molecular weight excluding hydrogens is 420 g/mol. The molecule has 0 saturated heterocycles. The van der Waals surface area contributed by atoms with E-state index in [0.717, 1.165) is 5.01 Å². The van der Waals surface area contributed by atoms with E-state index >= 15 is 0 Å². The summed E-state index contributed by atoms with van der Waals surface area (Å²) in [4.78, 5) is 41.6. The molecule has 0 spiro atoms. The lowest BCUT2D eigenvalue weighted by atomic mass is 10.2. The zero-order valence-electron chi connectivity index (χ0n) is 16.7. The molecule has 1 N–H and O–H groups in total. The summed E-state index contributed by atoms with van der Waals surface area (Å²) in [6, 6.07) is 10.8. The van der Waals surface area contributed by atoms with Crippen LogP contribution in [0.5, 0.6) is 0 Å². The Morgan fingerprint density at radius 1 is 1.23 bits per heavy atom. The number of esters is 1. The normalized spacial score (nSPS) is 11.1. The molecular formula is C21H18N4O5S. The molecule has 0 atom stereocenters. The van der Waals surface area contributed by atoms with Crippen LogP contribution in [0.4, 0.5) is 5.69 Å². The molecule has 158 valence electrons. The average Bonchev–Trinajstić information content (AvgIpc) is 3.42. The summed E-state index contributed by atoms with van der Waals surface area (Å²) < 4.78 is 11.6. The van der Waals surface area contributed by atoms with Crippen LogP contribution in [0.1, 0.15) is 51.4 Å². The number of aromatic nitrogens is 3. The van der Waals surface area contributed by atoms with E-state index in [2.05, 4.69) is 15.4 Å². The Balaban J connectivity index is 1.45. The largest absolute Gasteiger partial charge is 0.459 e. The highest BCUT2D eigenvalue weighted by Gasteiger charge is 2.14. The van der Waals surface area contributed by atoms with E-state index in [9.17, 15) is 14.4 Å². The summed E-state index contributed by atoms with van der Waals surface area (Å²) in [7, 11) is 0. The first-order valence-electron chi connectivity index (χ1n) is 9.42. The molecule has 0 aliphatic rings. The van der Waals surface area contributed by atoms with E-state index < -0.39 is 11.9 Å². The van der Waals surface area contributed by atoms with E-state index in [-0.39, 0.29) is 29.4 Å². The first-order chi connectivity index (χ1) is 14.9.